The first-order valence-corrected chi connectivity index (χ1v) is 10.3. The highest BCUT2D eigenvalue weighted by atomic mass is 32.2. The third-order valence-corrected chi connectivity index (χ3v) is 5.49. The Labute approximate surface area is 171 Å². The molecule has 12 nitrogen and oxygen atoms in total. The van der Waals surface area contributed by atoms with Crippen LogP contribution in [0.3, 0.4) is 0 Å². The van der Waals surface area contributed by atoms with Crippen LogP contribution in [-0.4, -0.2) is 35.7 Å². The van der Waals surface area contributed by atoms with Crippen molar-refractivity contribution in [1.82, 2.24) is 20.4 Å². The Bertz CT molecular complexity index is 1190. The predicted molar refractivity (Wildman–Crippen MR) is 107 cm³/mol. The molecule has 3 aromatic rings. The smallest absolute Gasteiger partial charge is 0.276 e. The molecule has 1 atom stereocenters. The average Bonchev–Trinajstić information content (AvgIpc) is 3.10. The maximum Gasteiger partial charge on any atom is 0.276 e. The number of rotatable bonds is 6. The number of carbonyl (C=O) groups excluding carboxylic acids is 1. The number of nitrogens with two attached hydrogens (primary N) is 1. The second-order valence-electron chi connectivity index (χ2n) is 6.46. The normalized spacial score (nSPS) is 15.7. The number of benzene rings is 1. The Morgan fingerprint density at radius 2 is 2.00 bits per heavy atom. The van der Waals surface area contributed by atoms with Gasteiger partial charge >= 0.3 is 0 Å². The van der Waals surface area contributed by atoms with Crippen LogP contribution in [0.25, 0.3) is 0 Å². The van der Waals surface area contributed by atoms with Crippen LogP contribution in [0.15, 0.2) is 45.9 Å². The van der Waals surface area contributed by atoms with E-state index in [1.54, 1.807) is 19.1 Å². The minimum Gasteiger partial charge on any atom is -0.379 e. The topological polar surface area (TPSA) is 177 Å². The lowest BCUT2D eigenvalue weighted by Gasteiger charge is -2.23. The highest BCUT2D eigenvalue weighted by Gasteiger charge is 2.24. The predicted octanol–water partition coefficient (Wildman–Crippen LogP) is 0.584. The molecule has 3 heterocycles. The number of aryl methyl sites for hydroxylation is 1. The summed E-state index contributed by atoms with van der Waals surface area (Å²) < 4.78 is 32.0. The van der Waals surface area contributed by atoms with E-state index in [2.05, 4.69) is 35.8 Å². The number of nitrogens with one attached hydrogen (secondary N) is 4. The van der Waals surface area contributed by atoms with Gasteiger partial charge in [0.2, 0.25) is 0 Å². The van der Waals surface area contributed by atoms with Crippen molar-refractivity contribution < 1.29 is 17.7 Å². The molecule has 0 saturated carbocycles. The molecule has 30 heavy (non-hydrogen) atoms. The van der Waals surface area contributed by atoms with E-state index in [4.69, 9.17) is 10.3 Å². The third kappa shape index (κ3) is 4.16. The van der Waals surface area contributed by atoms with E-state index in [9.17, 15) is 13.2 Å². The van der Waals surface area contributed by atoms with Crippen LogP contribution < -0.4 is 26.4 Å². The van der Waals surface area contributed by atoms with Crippen molar-refractivity contribution in [2.75, 3.05) is 15.4 Å². The standard InChI is InChI=1S/C17H18N8O4S/c1-9-6-13(24-29-9)25-30(27,28)12-4-2-10(3-5-12)19-7-11-8-20-15-14(21-11)16(26)23-17(18)22-15/h2-6,8,17,19H,7,18H2,1H3,(H,20,22)(H,23,26)(H,24,25). The molecule has 1 aliphatic heterocycles. The first-order valence-electron chi connectivity index (χ1n) is 8.79. The largest absolute Gasteiger partial charge is 0.379 e. The van der Waals surface area contributed by atoms with Gasteiger partial charge in [0.1, 0.15) is 5.76 Å². The average molecular weight is 430 g/mol. The van der Waals surface area contributed by atoms with Crippen LogP contribution in [0.1, 0.15) is 21.9 Å². The van der Waals surface area contributed by atoms with Crippen molar-refractivity contribution in [3.63, 3.8) is 0 Å². The van der Waals surface area contributed by atoms with E-state index >= 15 is 0 Å². The summed E-state index contributed by atoms with van der Waals surface area (Å²) >= 11 is 0. The minimum atomic E-state index is -3.79. The van der Waals surface area contributed by atoms with Crippen molar-refractivity contribution in [2.45, 2.75) is 24.7 Å². The molecule has 0 fully saturated rings. The van der Waals surface area contributed by atoms with Crippen LogP contribution >= 0.6 is 0 Å². The Balaban J connectivity index is 1.42. The van der Waals surface area contributed by atoms with Gasteiger partial charge in [-0.15, -0.1) is 0 Å². The Kier molecular flexibility index (Phi) is 4.97. The summed E-state index contributed by atoms with van der Waals surface area (Å²) in [7, 11) is -3.79. The van der Waals surface area contributed by atoms with Crippen molar-refractivity contribution in [3.05, 3.63) is 53.7 Å². The van der Waals surface area contributed by atoms with Crippen LogP contribution in [0.2, 0.25) is 0 Å². The van der Waals surface area contributed by atoms with Gasteiger partial charge in [0, 0.05) is 11.8 Å². The van der Waals surface area contributed by atoms with Gasteiger partial charge in [-0.2, -0.15) is 0 Å². The minimum absolute atomic E-state index is 0.0707. The van der Waals surface area contributed by atoms with Crippen LogP contribution in [-0.2, 0) is 16.6 Å². The zero-order chi connectivity index (χ0) is 21.3. The Hall–Kier alpha value is -3.71. The van der Waals surface area contributed by atoms with E-state index in [0.29, 0.717) is 23.0 Å². The van der Waals surface area contributed by atoms with Crippen molar-refractivity contribution in [3.8, 4) is 0 Å². The molecule has 1 amide bonds. The lowest BCUT2D eigenvalue weighted by molar-refractivity contribution is 0.0931. The molecule has 0 spiro atoms. The zero-order valence-corrected chi connectivity index (χ0v) is 16.5. The molecule has 4 rings (SSSR count). The molecule has 0 aliphatic carbocycles. The molecule has 6 N–H and O–H groups in total. The van der Waals surface area contributed by atoms with Crippen molar-refractivity contribution in [2.24, 2.45) is 5.73 Å². The zero-order valence-electron chi connectivity index (χ0n) is 15.7. The summed E-state index contributed by atoms with van der Waals surface area (Å²) in [6, 6.07) is 7.61. The summed E-state index contributed by atoms with van der Waals surface area (Å²) in [6.07, 6.45) is 0.813. The molecule has 1 aliphatic rings. The van der Waals surface area contributed by atoms with Gasteiger partial charge in [-0.1, -0.05) is 5.16 Å². The SMILES string of the molecule is Cc1cc(NS(=O)(=O)c2ccc(NCc3cnc4c(n3)C(=O)NC(N)N4)cc2)no1. The molecular weight excluding hydrogens is 412 g/mol. The molecule has 156 valence electrons. The van der Waals surface area contributed by atoms with Gasteiger partial charge in [-0.25, -0.2) is 18.4 Å². The highest BCUT2D eigenvalue weighted by molar-refractivity contribution is 7.92. The molecule has 0 radical (unpaired) electrons. The number of hydrogen-bond donors (Lipinski definition) is 5. The van der Waals surface area contributed by atoms with Gasteiger partial charge < -0.3 is 20.5 Å². The lowest BCUT2D eigenvalue weighted by Crippen LogP contribution is -2.51. The summed E-state index contributed by atoms with van der Waals surface area (Å²) in [5.41, 5.74) is 6.97. The molecular formula is C17H18N8O4S. The number of anilines is 3. The van der Waals surface area contributed by atoms with Gasteiger partial charge in [0.25, 0.3) is 15.9 Å². The van der Waals surface area contributed by atoms with Crippen molar-refractivity contribution in [1.29, 1.82) is 0 Å². The third-order valence-electron chi connectivity index (χ3n) is 4.12. The van der Waals surface area contributed by atoms with Crippen LogP contribution in [0.4, 0.5) is 17.3 Å². The van der Waals surface area contributed by atoms with Gasteiger partial charge in [0.05, 0.1) is 23.3 Å². The molecule has 1 unspecified atom stereocenters. The molecule has 0 saturated heterocycles. The molecule has 13 heteroatoms. The number of hydrogen-bond acceptors (Lipinski definition) is 10. The summed E-state index contributed by atoms with van der Waals surface area (Å²) in [5.74, 6) is 0.517. The van der Waals surface area contributed by atoms with Crippen LogP contribution in [0.5, 0.6) is 0 Å². The van der Waals surface area contributed by atoms with E-state index in [1.165, 1.54) is 24.4 Å². The fourth-order valence-corrected chi connectivity index (χ4v) is 3.71. The number of fused-ring (bicyclic) bond motifs is 1. The number of sulfonamides is 1. The second-order valence-corrected chi connectivity index (χ2v) is 8.14. The van der Waals surface area contributed by atoms with Crippen molar-refractivity contribution >= 4 is 33.3 Å². The van der Waals surface area contributed by atoms with Crippen LogP contribution in [0, 0.1) is 6.92 Å². The molecule has 2 aromatic heterocycles. The van der Waals surface area contributed by atoms with E-state index in [1.807, 2.05) is 0 Å². The maximum absolute atomic E-state index is 12.4. The molecule has 1 aromatic carbocycles. The monoisotopic (exact) mass is 430 g/mol. The van der Waals surface area contributed by atoms with Gasteiger partial charge in [0.15, 0.2) is 23.6 Å². The maximum atomic E-state index is 12.4. The Morgan fingerprint density at radius 1 is 1.23 bits per heavy atom. The first kappa shape index (κ1) is 19.6. The summed E-state index contributed by atoms with van der Waals surface area (Å²) in [5, 5.41) is 12.0. The van der Waals surface area contributed by atoms with E-state index in [-0.39, 0.29) is 23.0 Å². The summed E-state index contributed by atoms with van der Waals surface area (Å²) in [4.78, 5) is 20.5. The summed E-state index contributed by atoms with van der Waals surface area (Å²) in [6.45, 7) is 1.94. The highest BCUT2D eigenvalue weighted by Crippen LogP contribution is 2.19. The fraction of sp³-hybridized carbons (Fsp3) is 0.176. The number of nitrogens with zero attached hydrogens (tertiary/aromatic N) is 3. The number of aromatic nitrogens is 3. The quantitative estimate of drug-likeness (QED) is 0.372. The first-order chi connectivity index (χ1) is 14.3. The number of amides is 1. The Morgan fingerprint density at radius 3 is 2.70 bits per heavy atom. The van der Waals surface area contributed by atoms with E-state index in [0.717, 1.165) is 0 Å². The van der Waals surface area contributed by atoms with E-state index < -0.39 is 22.2 Å². The lowest BCUT2D eigenvalue weighted by atomic mass is 10.3. The molecule has 0 bridgehead atoms. The fourth-order valence-electron chi connectivity index (χ4n) is 2.72. The van der Waals surface area contributed by atoms with Gasteiger partial charge in [-0.3, -0.25) is 15.3 Å². The second kappa shape index (κ2) is 7.61. The number of carbonyl (C=O) groups is 1. The van der Waals surface area contributed by atoms with Gasteiger partial charge in [-0.05, 0) is 31.2 Å².